The van der Waals surface area contributed by atoms with Gasteiger partial charge in [-0.25, -0.2) is 4.90 Å². The Hall–Kier alpha value is -2.01. The summed E-state index contributed by atoms with van der Waals surface area (Å²) in [7, 11) is 0. The summed E-state index contributed by atoms with van der Waals surface area (Å²) in [5.41, 5.74) is -1.83. The van der Waals surface area contributed by atoms with E-state index in [0.29, 0.717) is 12.1 Å². The van der Waals surface area contributed by atoms with Crippen molar-refractivity contribution in [3.8, 4) is 0 Å². The standard InChI is InChI=1S/C22H27NO4/c1-19(2,3)13-9-7-8-10-15(13)23-17(25)21(6)11-14-16(24)12-20(4,5)27-22(14,21)18(23)26/h7-10,14H,11-12H2,1-6H3/t14-,21-,22-/m1/s1. The van der Waals surface area contributed by atoms with E-state index < -0.39 is 22.5 Å². The van der Waals surface area contributed by atoms with Crippen LogP contribution in [-0.4, -0.2) is 28.8 Å². The maximum atomic E-state index is 13.7. The number of carbonyl (C=O) groups excluding carboxylic acids is 3. The van der Waals surface area contributed by atoms with Crippen LogP contribution < -0.4 is 4.90 Å². The summed E-state index contributed by atoms with van der Waals surface area (Å²) in [4.78, 5) is 41.1. The van der Waals surface area contributed by atoms with Crippen LogP contribution in [0.4, 0.5) is 5.69 Å². The Balaban J connectivity index is 1.88. The highest BCUT2D eigenvalue weighted by Crippen LogP contribution is 2.66. The van der Waals surface area contributed by atoms with Crippen LogP contribution in [0.2, 0.25) is 0 Å². The third-order valence-corrected chi connectivity index (χ3v) is 6.50. The van der Waals surface area contributed by atoms with E-state index in [1.807, 2.05) is 38.1 Å². The molecule has 4 rings (SSSR count). The lowest BCUT2D eigenvalue weighted by molar-refractivity contribution is -0.263. The second kappa shape index (κ2) is 5.07. The van der Waals surface area contributed by atoms with Crippen molar-refractivity contribution in [1.82, 2.24) is 0 Å². The van der Waals surface area contributed by atoms with Crippen LogP contribution in [0.15, 0.2) is 24.3 Å². The second-order valence-corrected chi connectivity index (χ2v) is 10.0. The van der Waals surface area contributed by atoms with Crippen molar-refractivity contribution in [2.45, 2.75) is 71.0 Å². The van der Waals surface area contributed by atoms with E-state index >= 15 is 0 Å². The molecule has 2 heterocycles. The summed E-state index contributed by atoms with van der Waals surface area (Å²) in [6.07, 6.45) is 0.649. The summed E-state index contributed by atoms with van der Waals surface area (Å²) in [5.74, 6) is -1.15. The van der Waals surface area contributed by atoms with Gasteiger partial charge in [-0.15, -0.1) is 0 Å². The largest absolute Gasteiger partial charge is 0.357 e. The average molecular weight is 369 g/mol. The monoisotopic (exact) mass is 369 g/mol. The van der Waals surface area contributed by atoms with Crippen molar-refractivity contribution in [2.75, 3.05) is 4.90 Å². The van der Waals surface area contributed by atoms with E-state index in [1.54, 1.807) is 6.92 Å². The van der Waals surface area contributed by atoms with Gasteiger partial charge in [0.05, 0.1) is 22.6 Å². The van der Waals surface area contributed by atoms with Crippen LogP contribution in [0, 0.1) is 11.3 Å². The van der Waals surface area contributed by atoms with Gasteiger partial charge in [-0.3, -0.25) is 14.4 Å². The van der Waals surface area contributed by atoms with Gasteiger partial charge in [0, 0.05) is 6.42 Å². The van der Waals surface area contributed by atoms with Gasteiger partial charge in [-0.2, -0.15) is 0 Å². The predicted octanol–water partition coefficient (Wildman–Crippen LogP) is 3.39. The summed E-state index contributed by atoms with van der Waals surface area (Å²) >= 11 is 0. The van der Waals surface area contributed by atoms with Crippen molar-refractivity contribution in [3.63, 3.8) is 0 Å². The Morgan fingerprint density at radius 1 is 1.04 bits per heavy atom. The molecule has 5 heteroatoms. The Morgan fingerprint density at radius 2 is 1.67 bits per heavy atom. The molecule has 1 aromatic rings. The number of Topliss-reactive ketones (excluding diaryl/α,β-unsaturated/α-hetero) is 1. The van der Waals surface area contributed by atoms with Gasteiger partial charge < -0.3 is 4.74 Å². The first-order chi connectivity index (χ1) is 12.4. The number of carbonyl (C=O) groups is 3. The minimum atomic E-state index is -1.37. The highest BCUT2D eigenvalue weighted by molar-refractivity contribution is 6.29. The smallest absolute Gasteiger partial charge is 0.267 e. The first-order valence-electron chi connectivity index (χ1n) is 9.57. The van der Waals surface area contributed by atoms with E-state index in [9.17, 15) is 14.4 Å². The van der Waals surface area contributed by atoms with E-state index in [-0.39, 0.29) is 29.4 Å². The van der Waals surface area contributed by atoms with Crippen molar-refractivity contribution in [3.05, 3.63) is 29.8 Å². The fraction of sp³-hybridized carbons (Fsp3) is 0.591. The molecule has 1 saturated carbocycles. The molecule has 1 aliphatic carbocycles. The molecule has 27 heavy (non-hydrogen) atoms. The number of benzene rings is 1. The summed E-state index contributed by atoms with van der Waals surface area (Å²) in [5, 5.41) is 0. The zero-order valence-corrected chi connectivity index (χ0v) is 16.9. The maximum Gasteiger partial charge on any atom is 0.267 e. The van der Waals surface area contributed by atoms with Crippen LogP contribution in [0.1, 0.15) is 59.9 Å². The Morgan fingerprint density at radius 3 is 2.30 bits per heavy atom. The minimum absolute atomic E-state index is 0.0239. The van der Waals surface area contributed by atoms with Crippen molar-refractivity contribution in [2.24, 2.45) is 11.3 Å². The molecule has 0 aromatic heterocycles. The molecule has 5 nitrogen and oxygen atoms in total. The van der Waals surface area contributed by atoms with Gasteiger partial charge in [0.1, 0.15) is 5.78 Å². The SMILES string of the molecule is CC1(C)CC(=O)[C@H]2C[C@]3(C)C(=O)N(c4ccccc4C(C)(C)C)C(=O)[C@]23O1. The van der Waals surface area contributed by atoms with Crippen LogP contribution in [0.3, 0.4) is 0 Å². The van der Waals surface area contributed by atoms with E-state index in [2.05, 4.69) is 20.8 Å². The molecule has 0 N–H and O–H groups in total. The van der Waals surface area contributed by atoms with E-state index in [1.165, 1.54) is 4.90 Å². The van der Waals surface area contributed by atoms with Crippen LogP contribution >= 0.6 is 0 Å². The second-order valence-electron chi connectivity index (χ2n) is 10.0. The third kappa shape index (κ3) is 2.12. The van der Waals surface area contributed by atoms with Crippen molar-refractivity contribution in [1.29, 1.82) is 0 Å². The van der Waals surface area contributed by atoms with Crippen LogP contribution in [-0.2, 0) is 24.5 Å². The normalized spacial score (nSPS) is 35.0. The predicted molar refractivity (Wildman–Crippen MR) is 101 cm³/mol. The molecule has 0 bridgehead atoms. The fourth-order valence-electron chi connectivity index (χ4n) is 5.20. The van der Waals surface area contributed by atoms with Gasteiger partial charge in [-0.05, 0) is 44.2 Å². The lowest BCUT2D eigenvalue weighted by Gasteiger charge is -2.59. The zero-order chi connectivity index (χ0) is 20.0. The van der Waals surface area contributed by atoms with Gasteiger partial charge >= 0.3 is 0 Å². The molecule has 3 aliphatic rings. The Bertz CT molecular complexity index is 881. The summed E-state index contributed by atoms with van der Waals surface area (Å²) < 4.78 is 6.28. The number of ketones is 1. The van der Waals surface area contributed by atoms with Crippen molar-refractivity contribution >= 4 is 23.3 Å². The summed E-state index contributed by atoms with van der Waals surface area (Å²) in [6, 6.07) is 7.51. The van der Waals surface area contributed by atoms with Gasteiger partial charge in [0.25, 0.3) is 5.91 Å². The number of ether oxygens (including phenoxy) is 1. The zero-order valence-electron chi connectivity index (χ0n) is 16.9. The van der Waals surface area contributed by atoms with Crippen LogP contribution in [0.25, 0.3) is 0 Å². The van der Waals surface area contributed by atoms with E-state index in [0.717, 1.165) is 5.56 Å². The third-order valence-electron chi connectivity index (χ3n) is 6.50. The van der Waals surface area contributed by atoms with Gasteiger partial charge in [-0.1, -0.05) is 39.0 Å². The molecule has 144 valence electrons. The Labute approximate surface area is 160 Å². The molecule has 0 unspecified atom stereocenters. The lowest BCUT2D eigenvalue weighted by atomic mass is 9.49. The molecular weight excluding hydrogens is 342 g/mol. The van der Waals surface area contributed by atoms with Gasteiger partial charge in [0.2, 0.25) is 5.91 Å². The number of amides is 2. The minimum Gasteiger partial charge on any atom is -0.357 e. The number of imide groups is 1. The van der Waals surface area contributed by atoms with Crippen molar-refractivity contribution < 1.29 is 19.1 Å². The van der Waals surface area contributed by atoms with Gasteiger partial charge in [0.15, 0.2) is 5.60 Å². The first kappa shape index (κ1) is 18.4. The number of hydrogen-bond acceptors (Lipinski definition) is 4. The molecule has 3 fully saturated rings. The molecule has 3 atom stereocenters. The fourth-order valence-corrected chi connectivity index (χ4v) is 5.20. The van der Waals surface area contributed by atoms with Crippen LogP contribution in [0.5, 0.6) is 0 Å². The number of anilines is 1. The quantitative estimate of drug-likeness (QED) is 0.712. The molecule has 1 aromatic carbocycles. The molecule has 2 aliphatic heterocycles. The number of para-hydroxylation sites is 1. The average Bonchev–Trinajstić information content (AvgIpc) is 2.64. The molecular formula is C22H27NO4. The highest BCUT2D eigenvalue weighted by atomic mass is 16.5. The number of rotatable bonds is 1. The number of hydrogen-bond donors (Lipinski definition) is 0. The number of nitrogens with zero attached hydrogens (tertiary/aromatic N) is 1. The maximum absolute atomic E-state index is 13.7. The molecule has 2 amide bonds. The molecule has 2 saturated heterocycles. The van der Waals surface area contributed by atoms with E-state index in [4.69, 9.17) is 4.74 Å². The topological polar surface area (TPSA) is 63.7 Å². The lowest BCUT2D eigenvalue weighted by Crippen LogP contribution is -2.73. The molecule has 1 spiro atoms. The Kier molecular flexibility index (Phi) is 3.45. The highest BCUT2D eigenvalue weighted by Gasteiger charge is 2.82. The summed E-state index contributed by atoms with van der Waals surface area (Å²) in [6.45, 7) is 11.6. The first-order valence-corrected chi connectivity index (χ1v) is 9.57. The molecule has 0 radical (unpaired) electrons.